The molecule has 112 valence electrons. The van der Waals surface area contributed by atoms with Gasteiger partial charge in [0.1, 0.15) is 0 Å². The standard InChI is InChI=1S/C15H30N2O2/c1-4-17(12(2)3)15(19)16-11-7-9-13-8-5-6-10-14(13)18/h12-14,18H,4-11H2,1-3H3,(H,16,19)/t13-,14-/m0/s1. The Kier molecular flexibility index (Phi) is 7.21. The van der Waals surface area contributed by atoms with Gasteiger partial charge in [-0.1, -0.05) is 12.8 Å². The van der Waals surface area contributed by atoms with Gasteiger partial charge in [0.25, 0.3) is 0 Å². The number of nitrogens with one attached hydrogen (secondary N) is 1. The van der Waals surface area contributed by atoms with Crippen LogP contribution in [0.1, 0.15) is 59.3 Å². The maximum Gasteiger partial charge on any atom is 0.317 e. The number of amides is 2. The fourth-order valence-electron chi connectivity index (χ4n) is 2.93. The topological polar surface area (TPSA) is 52.6 Å². The normalized spacial score (nSPS) is 23.4. The molecule has 0 bridgehead atoms. The summed E-state index contributed by atoms with van der Waals surface area (Å²) in [6, 6.07) is 0.270. The van der Waals surface area contributed by atoms with E-state index in [4.69, 9.17) is 0 Å². The summed E-state index contributed by atoms with van der Waals surface area (Å²) in [6.07, 6.45) is 6.36. The number of aliphatic hydroxyl groups is 1. The number of aliphatic hydroxyl groups excluding tert-OH is 1. The first-order valence-corrected chi connectivity index (χ1v) is 7.78. The van der Waals surface area contributed by atoms with Crippen LogP contribution in [0, 0.1) is 5.92 Å². The molecule has 0 radical (unpaired) electrons. The van der Waals surface area contributed by atoms with Crippen LogP contribution in [0.15, 0.2) is 0 Å². The second kappa shape index (κ2) is 8.41. The molecule has 4 heteroatoms. The molecular weight excluding hydrogens is 240 g/mol. The summed E-state index contributed by atoms with van der Waals surface area (Å²) in [5.41, 5.74) is 0. The Balaban J connectivity index is 2.17. The van der Waals surface area contributed by atoms with Gasteiger partial charge < -0.3 is 15.3 Å². The summed E-state index contributed by atoms with van der Waals surface area (Å²) >= 11 is 0. The third kappa shape index (κ3) is 5.39. The van der Waals surface area contributed by atoms with Crippen LogP contribution in [0.4, 0.5) is 4.79 Å². The Bertz CT molecular complexity index is 269. The highest BCUT2D eigenvalue weighted by atomic mass is 16.3. The number of carbonyl (C=O) groups is 1. The molecule has 1 aliphatic rings. The quantitative estimate of drug-likeness (QED) is 0.729. The van der Waals surface area contributed by atoms with Gasteiger partial charge in [-0.3, -0.25) is 0 Å². The summed E-state index contributed by atoms with van der Waals surface area (Å²) in [6.45, 7) is 7.51. The highest BCUT2D eigenvalue weighted by molar-refractivity contribution is 5.74. The Hall–Kier alpha value is -0.770. The molecule has 1 saturated carbocycles. The minimum atomic E-state index is -0.118. The van der Waals surface area contributed by atoms with E-state index in [-0.39, 0.29) is 18.2 Å². The van der Waals surface area contributed by atoms with E-state index < -0.39 is 0 Å². The average molecular weight is 270 g/mol. The minimum Gasteiger partial charge on any atom is -0.393 e. The summed E-state index contributed by atoms with van der Waals surface area (Å²) in [5, 5.41) is 12.9. The van der Waals surface area contributed by atoms with Crippen molar-refractivity contribution in [2.45, 2.75) is 71.4 Å². The van der Waals surface area contributed by atoms with Crippen molar-refractivity contribution in [1.82, 2.24) is 10.2 Å². The molecule has 0 aromatic rings. The molecule has 0 spiro atoms. The van der Waals surface area contributed by atoms with Crippen molar-refractivity contribution in [2.75, 3.05) is 13.1 Å². The van der Waals surface area contributed by atoms with Crippen LogP contribution in [0.2, 0.25) is 0 Å². The average Bonchev–Trinajstić information content (AvgIpc) is 2.37. The van der Waals surface area contributed by atoms with Crippen LogP contribution in [0.5, 0.6) is 0 Å². The molecule has 2 amide bonds. The highest BCUT2D eigenvalue weighted by Gasteiger charge is 2.22. The van der Waals surface area contributed by atoms with Gasteiger partial charge in [-0.25, -0.2) is 4.79 Å². The van der Waals surface area contributed by atoms with Crippen LogP contribution in [-0.2, 0) is 0 Å². The van der Waals surface area contributed by atoms with Crippen molar-refractivity contribution in [3.8, 4) is 0 Å². The largest absolute Gasteiger partial charge is 0.393 e. The van der Waals surface area contributed by atoms with Crippen molar-refractivity contribution in [1.29, 1.82) is 0 Å². The lowest BCUT2D eigenvalue weighted by molar-refractivity contribution is 0.0643. The zero-order valence-electron chi connectivity index (χ0n) is 12.7. The number of hydrogen-bond acceptors (Lipinski definition) is 2. The summed E-state index contributed by atoms with van der Waals surface area (Å²) < 4.78 is 0. The van der Waals surface area contributed by atoms with Gasteiger partial charge in [-0.05, 0) is 52.4 Å². The molecule has 19 heavy (non-hydrogen) atoms. The molecule has 4 nitrogen and oxygen atoms in total. The van der Waals surface area contributed by atoms with Crippen molar-refractivity contribution >= 4 is 6.03 Å². The van der Waals surface area contributed by atoms with Crippen molar-refractivity contribution < 1.29 is 9.90 Å². The van der Waals surface area contributed by atoms with E-state index in [0.717, 1.165) is 38.6 Å². The number of nitrogens with zero attached hydrogens (tertiary/aromatic N) is 1. The van der Waals surface area contributed by atoms with Gasteiger partial charge in [-0.15, -0.1) is 0 Å². The maximum absolute atomic E-state index is 11.9. The van der Waals surface area contributed by atoms with Gasteiger partial charge in [0.05, 0.1) is 6.10 Å². The fraction of sp³-hybridized carbons (Fsp3) is 0.933. The van der Waals surface area contributed by atoms with Crippen LogP contribution in [0.25, 0.3) is 0 Å². The molecule has 1 rings (SSSR count). The second-order valence-electron chi connectivity index (χ2n) is 5.87. The molecule has 1 fully saturated rings. The molecule has 1 aliphatic carbocycles. The van der Waals surface area contributed by atoms with Crippen molar-refractivity contribution in [3.63, 3.8) is 0 Å². The molecular formula is C15H30N2O2. The number of urea groups is 1. The first-order chi connectivity index (χ1) is 9.06. The minimum absolute atomic E-state index is 0.0293. The Morgan fingerprint density at radius 1 is 1.37 bits per heavy atom. The van der Waals surface area contributed by atoms with Crippen LogP contribution >= 0.6 is 0 Å². The van der Waals surface area contributed by atoms with E-state index in [2.05, 4.69) is 5.32 Å². The predicted octanol–water partition coefficient (Wildman–Crippen LogP) is 2.76. The molecule has 2 atom stereocenters. The third-order valence-electron chi connectivity index (χ3n) is 4.12. The first kappa shape index (κ1) is 16.3. The number of hydrogen-bond donors (Lipinski definition) is 2. The number of rotatable bonds is 6. The second-order valence-corrected chi connectivity index (χ2v) is 5.87. The van der Waals surface area contributed by atoms with Gasteiger partial charge in [0.15, 0.2) is 0 Å². The number of carbonyl (C=O) groups excluding carboxylic acids is 1. The lowest BCUT2D eigenvalue weighted by Crippen LogP contribution is -2.44. The molecule has 0 aromatic heterocycles. The van der Waals surface area contributed by atoms with E-state index in [1.54, 1.807) is 0 Å². The van der Waals surface area contributed by atoms with Gasteiger partial charge in [0, 0.05) is 19.1 Å². The third-order valence-corrected chi connectivity index (χ3v) is 4.12. The van der Waals surface area contributed by atoms with Crippen LogP contribution < -0.4 is 5.32 Å². The predicted molar refractivity (Wildman–Crippen MR) is 78.1 cm³/mol. The lowest BCUT2D eigenvalue weighted by atomic mass is 9.83. The molecule has 0 heterocycles. The summed E-state index contributed by atoms with van der Waals surface area (Å²) in [5.74, 6) is 0.443. The zero-order valence-corrected chi connectivity index (χ0v) is 12.7. The van der Waals surface area contributed by atoms with Crippen LogP contribution in [-0.4, -0.2) is 41.3 Å². The Morgan fingerprint density at radius 2 is 2.05 bits per heavy atom. The van der Waals surface area contributed by atoms with E-state index in [9.17, 15) is 9.90 Å². The molecule has 0 saturated heterocycles. The van der Waals surface area contributed by atoms with Crippen LogP contribution in [0.3, 0.4) is 0 Å². The van der Waals surface area contributed by atoms with E-state index >= 15 is 0 Å². The molecule has 0 unspecified atom stereocenters. The summed E-state index contributed by atoms with van der Waals surface area (Å²) in [4.78, 5) is 13.7. The van der Waals surface area contributed by atoms with E-state index in [0.29, 0.717) is 12.5 Å². The lowest BCUT2D eigenvalue weighted by Gasteiger charge is -2.28. The van der Waals surface area contributed by atoms with Gasteiger partial charge >= 0.3 is 6.03 Å². The van der Waals surface area contributed by atoms with Gasteiger partial charge in [-0.2, -0.15) is 0 Å². The fourth-order valence-corrected chi connectivity index (χ4v) is 2.93. The molecule has 0 aliphatic heterocycles. The van der Waals surface area contributed by atoms with Crippen molar-refractivity contribution in [3.05, 3.63) is 0 Å². The first-order valence-electron chi connectivity index (χ1n) is 7.78. The molecule has 2 N–H and O–H groups in total. The Labute approximate surface area is 117 Å². The SMILES string of the molecule is CCN(C(=O)NCCC[C@@H]1CCCC[C@@H]1O)C(C)C. The monoisotopic (exact) mass is 270 g/mol. The highest BCUT2D eigenvalue weighted by Crippen LogP contribution is 2.27. The molecule has 0 aromatic carbocycles. The van der Waals surface area contributed by atoms with E-state index in [1.807, 2.05) is 25.7 Å². The van der Waals surface area contributed by atoms with Crippen molar-refractivity contribution in [2.24, 2.45) is 5.92 Å². The summed E-state index contributed by atoms with van der Waals surface area (Å²) in [7, 11) is 0. The van der Waals surface area contributed by atoms with E-state index in [1.165, 1.54) is 6.42 Å². The maximum atomic E-state index is 11.9. The zero-order chi connectivity index (χ0) is 14.3. The van der Waals surface area contributed by atoms with Gasteiger partial charge in [0.2, 0.25) is 0 Å². The smallest absolute Gasteiger partial charge is 0.317 e. The Morgan fingerprint density at radius 3 is 2.63 bits per heavy atom.